The molecule has 1 aliphatic rings. The molecule has 6 heteroatoms. The van der Waals surface area contributed by atoms with Crippen molar-refractivity contribution in [1.29, 1.82) is 0 Å². The number of hydrogen-bond donors (Lipinski definition) is 1. The zero-order valence-corrected chi connectivity index (χ0v) is 9.47. The van der Waals surface area contributed by atoms with Crippen molar-refractivity contribution in [3.8, 4) is 5.88 Å². The number of amides is 2. The van der Waals surface area contributed by atoms with Crippen molar-refractivity contribution in [1.82, 2.24) is 15.2 Å². The van der Waals surface area contributed by atoms with Crippen LogP contribution in [0.4, 0.5) is 0 Å². The van der Waals surface area contributed by atoms with Crippen LogP contribution in [0.5, 0.6) is 5.88 Å². The molecule has 2 rings (SSSR count). The molecule has 1 N–H and O–H groups in total. The smallest absolute Gasteiger partial charge is 0.240 e. The minimum Gasteiger partial charge on any atom is -0.481 e. The number of rotatable bonds is 3. The van der Waals surface area contributed by atoms with Crippen LogP contribution in [0.1, 0.15) is 5.56 Å². The maximum atomic E-state index is 11.2. The van der Waals surface area contributed by atoms with Crippen LogP contribution >= 0.6 is 0 Å². The van der Waals surface area contributed by atoms with Gasteiger partial charge in [-0.25, -0.2) is 4.98 Å². The zero-order valence-electron chi connectivity index (χ0n) is 9.47. The number of pyridine rings is 1. The predicted octanol–water partition coefficient (Wildman–Crippen LogP) is -0.451. The van der Waals surface area contributed by atoms with E-state index in [-0.39, 0.29) is 24.9 Å². The number of imide groups is 1. The molecule has 0 unspecified atom stereocenters. The third-order valence-electron chi connectivity index (χ3n) is 2.43. The molecule has 1 aliphatic heterocycles. The molecule has 0 bridgehead atoms. The van der Waals surface area contributed by atoms with Crippen LogP contribution in [0.15, 0.2) is 18.3 Å². The summed E-state index contributed by atoms with van der Waals surface area (Å²) in [6.07, 6.45) is 1.64. The van der Waals surface area contributed by atoms with Crippen LogP contribution in [0.2, 0.25) is 0 Å². The number of hydrogen-bond acceptors (Lipinski definition) is 5. The van der Waals surface area contributed by atoms with Gasteiger partial charge in [0.25, 0.3) is 0 Å². The van der Waals surface area contributed by atoms with E-state index < -0.39 is 0 Å². The van der Waals surface area contributed by atoms with Crippen LogP contribution in [-0.4, -0.2) is 41.9 Å². The molecule has 17 heavy (non-hydrogen) atoms. The number of aromatic nitrogens is 1. The minimum atomic E-state index is -0.262. The highest BCUT2D eigenvalue weighted by Gasteiger charge is 2.22. The highest BCUT2D eigenvalue weighted by Crippen LogP contribution is 2.11. The fourth-order valence-corrected chi connectivity index (χ4v) is 1.73. The zero-order chi connectivity index (χ0) is 12.3. The summed E-state index contributed by atoms with van der Waals surface area (Å²) in [5.74, 6) is -0.000158. The topological polar surface area (TPSA) is 71.5 Å². The fourth-order valence-electron chi connectivity index (χ4n) is 1.73. The van der Waals surface area contributed by atoms with E-state index in [0.717, 1.165) is 5.56 Å². The summed E-state index contributed by atoms with van der Waals surface area (Å²) in [6, 6.07) is 3.62. The first-order valence-corrected chi connectivity index (χ1v) is 5.21. The maximum Gasteiger partial charge on any atom is 0.240 e. The minimum absolute atomic E-state index is 0.233. The molecule has 90 valence electrons. The number of piperazine rings is 1. The van der Waals surface area contributed by atoms with Gasteiger partial charge < -0.3 is 4.74 Å². The Morgan fingerprint density at radius 3 is 2.76 bits per heavy atom. The maximum absolute atomic E-state index is 11.2. The van der Waals surface area contributed by atoms with Crippen molar-refractivity contribution in [3.63, 3.8) is 0 Å². The molecule has 2 amide bonds. The number of carbonyl (C=O) groups excluding carboxylic acids is 2. The molecule has 1 fully saturated rings. The van der Waals surface area contributed by atoms with Crippen LogP contribution in [0, 0.1) is 0 Å². The van der Waals surface area contributed by atoms with Gasteiger partial charge in [0.05, 0.1) is 20.2 Å². The molecule has 2 heterocycles. The molecule has 0 radical (unpaired) electrons. The van der Waals surface area contributed by atoms with Crippen molar-refractivity contribution in [2.75, 3.05) is 20.2 Å². The van der Waals surface area contributed by atoms with Crippen molar-refractivity contribution in [2.24, 2.45) is 0 Å². The van der Waals surface area contributed by atoms with Crippen molar-refractivity contribution >= 4 is 11.8 Å². The van der Waals surface area contributed by atoms with Gasteiger partial charge in [0, 0.05) is 18.8 Å². The number of methoxy groups -OCH3 is 1. The van der Waals surface area contributed by atoms with Crippen molar-refractivity contribution in [2.45, 2.75) is 6.54 Å². The van der Waals surface area contributed by atoms with Gasteiger partial charge in [-0.1, -0.05) is 0 Å². The lowest BCUT2D eigenvalue weighted by Gasteiger charge is -2.25. The molecule has 1 aromatic rings. The summed E-state index contributed by atoms with van der Waals surface area (Å²) in [6.45, 7) is 0.991. The highest BCUT2D eigenvalue weighted by atomic mass is 16.5. The third-order valence-corrected chi connectivity index (χ3v) is 2.43. The van der Waals surface area contributed by atoms with E-state index in [0.29, 0.717) is 12.4 Å². The van der Waals surface area contributed by atoms with E-state index in [4.69, 9.17) is 4.74 Å². The van der Waals surface area contributed by atoms with Crippen molar-refractivity contribution in [3.05, 3.63) is 23.9 Å². The van der Waals surface area contributed by atoms with E-state index in [1.165, 1.54) is 0 Å². The quantitative estimate of drug-likeness (QED) is 0.718. The molecular formula is C11H13N3O3. The Labute approximate surface area is 98.6 Å². The van der Waals surface area contributed by atoms with Gasteiger partial charge in [-0.2, -0.15) is 0 Å². The van der Waals surface area contributed by atoms with Gasteiger partial charge in [-0.05, 0) is 11.6 Å². The second kappa shape index (κ2) is 4.92. The lowest BCUT2D eigenvalue weighted by molar-refractivity contribution is -0.136. The number of carbonyl (C=O) groups is 2. The molecule has 0 spiro atoms. The van der Waals surface area contributed by atoms with E-state index in [2.05, 4.69) is 10.3 Å². The highest BCUT2D eigenvalue weighted by molar-refractivity contribution is 5.99. The first-order valence-electron chi connectivity index (χ1n) is 5.21. The Morgan fingerprint density at radius 1 is 1.41 bits per heavy atom. The molecule has 1 saturated heterocycles. The summed E-state index contributed by atoms with van der Waals surface area (Å²) in [4.78, 5) is 28.1. The van der Waals surface area contributed by atoms with E-state index >= 15 is 0 Å². The Balaban J connectivity index is 2.04. The standard InChI is InChI=1S/C11H13N3O3/c1-17-11-4-8(2-3-12-11)5-14-6-9(15)13-10(16)7-14/h2-4H,5-7H2,1H3,(H,13,15,16). The van der Waals surface area contributed by atoms with E-state index in [9.17, 15) is 9.59 Å². The van der Waals surface area contributed by atoms with Gasteiger partial charge in [0.1, 0.15) is 0 Å². The van der Waals surface area contributed by atoms with E-state index in [1.54, 1.807) is 24.3 Å². The van der Waals surface area contributed by atoms with Crippen LogP contribution in [0.3, 0.4) is 0 Å². The van der Waals surface area contributed by atoms with Crippen LogP contribution < -0.4 is 10.1 Å². The third kappa shape index (κ3) is 3.01. The van der Waals surface area contributed by atoms with Gasteiger partial charge in [0.15, 0.2) is 0 Å². The number of nitrogens with zero attached hydrogens (tertiary/aromatic N) is 2. The Kier molecular flexibility index (Phi) is 3.34. The molecule has 0 saturated carbocycles. The SMILES string of the molecule is COc1cc(CN2CC(=O)NC(=O)C2)ccn1. The summed E-state index contributed by atoms with van der Waals surface area (Å²) in [5, 5.41) is 2.26. The van der Waals surface area contributed by atoms with Crippen LogP contribution in [0.25, 0.3) is 0 Å². The second-order valence-corrected chi connectivity index (χ2v) is 3.82. The summed E-state index contributed by atoms with van der Waals surface area (Å²) in [5.41, 5.74) is 0.958. The normalized spacial score (nSPS) is 16.8. The van der Waals surface area contributed by atoms with Gasteiger partial charge >= 0.3 is 0 Å². The Bertz CT molecular complexity index is 431. The number of ether oxygens (including phenoxy) is 1. The molecule has 0 aliphatic carbocycles. The van der Waals surface area contributed by atoms with E-state index in [1.807, 2.05) is 6.07 Å². The molecule has 0 aromatic carbocycles. The summed E-state index contributed by atoms with van der Waals surface area (Å²) < 4.78 is 5.01. The molecule has 1 aromatic heterocycles. The Hall–Kier alpha value is -1.95. The van der Waals surface area contributed by atoms with Gasteiger partial charge in [0.2, 0.25) is 17.7 Å². The molecule has 0 atom stereocenters. The molecular weight excluding hydrogens is 222 g/mol. The summed E-state index contributed by atoms with van der Waals surface area (Å²) in [7, 11) is 1.55. The van der Waals surface area contributed by atoms with Crippen LogP contribution in [-0.2, 0) is 16.1 Å². The predicted molar refractivity (Wildman–Crippen MR) is 59.2 cm³/mol. The first kappa shape index (κ1) is 11.5. The van der Waals surface area contributed by atoms with Gasteiger partial charge in [-0.3, -0.25) is 19.8 Å². The monoisotopic (exact) mass is 235 g/mol. The number of nitrogens with one attached hydrogen (secondary N) is 1. The first-order chi connectivity index (χ1) is 8.17. The fraction of sp³-hybridized carbons (Fsp3) is 0.364. The Morgan fingerprint density at radius 2 is 2.12 bits per heavy atom. The van der Waals surface area contributed by atoms with Gasteiger partial charge in [-0.15, -0.1) is 0 Å². The lowest BCUT2D eigenvalue weighted by Crippen LogP contribution is -2.50. The summed E-state index contributed by atoms with van der Waals surface area (Å²) >= 11 is 0. The average molecular weight is 235 g/mol. The largest absolute Gasteiger partial charge is 0.481 e. The second-order valence-electron chi connectivity index (χ2n) is 3.82. The molecule has 6 nitrogen and oxygen atoms in total. The average Bonchev–Trinajstić information content (AvgIpc) is 2.28. The van der Waals surface area contributed by atoms with Crippen molar-refractivity contribution < 1.29 is 14.3 Å². The lowest BCUT2D eigenvalue weighted by atomic mass is 10.2.